The van der Waals surface area contributed by atoms with Gasteiger partial charge in [-0.3, -0.25) is 9.59 Å². The second kappa shape index (κ2) is 27.0. The first-order valence-corrected chi connectivity index (χ1v) is 26.9. The normalized spacial score (nSPS) is 37.8. The highest BCUT2D eigenvalue weighted by molar-refractivity contribution is 5.75. The molecule has 428 valence electrons. The first-order chi connectivity index (χ1) is 35.2. The van der Waals surface area contributed by atoms with Crippen molar-refractivity contribution >= 4 is 11.9 Å². The summed E-state index contributed by atoms with van der Waals surface area (Å²) >= 11 is 0. The van der Waals surface area contributed by atoms with Crippen LogP contribution in [0.5, 0.6) is 0 Å². The van der Waals surface area contributed by atoms with Crippen LogP contribution in [0.2, 0.25) is 0 Å². The summed E-state index contributed by atoms with van der Waals surface area (Å²) in [5.74, 6) is -3.05. The van der Waals surface area contributed by atoms with E-state index in [0.29, 0.717) is 44.6 Å². The van der Waals surface area contributed by atoms with E-state index < -0.39 is 115 Å². The average Bonchev–Trinajstić information content (AvgIpc) is 3.83. The van der Waals surface area contributed by atoms with Gasteiger partial charge in [0.1, 0.15) is 42.7 Å². The molecule has 20 nitrogen and oxygen atoms in total. The van der Waals surface area contributed by atoms with Crippen LogP contribution in [-0.2, 0) is 55.7 Å². The summed E-state index contributed by atoms with van der Waals surface area (Å²) in [6.07, 6.45) is -4.77. The van der Waals surface area contributed by atoms with E-state index in [1.54, 1.807) is 40.8 Å². The number of ether oxygens (including phenoxy) is 7. The van der Waals surface area contributed by atoms with Gasteiger partial charge in [0.25, 0.3) is 0 Å². The molecule has 5 rings (SSSR count). The zero-order chi connectivity index (χ0) is 55.7. The van der Waals surface area contributed by atoms with E-state index in [0.717, 1.165) is 11.1 Å². The molecule has 1 aromatic carbocycles. The minimum Gasteiger partial charge on any atom is -0.459 e. The Morgan fingerprint density at radius 1 is 1.00 bits per heavy atom. The third-order valence-electron chi connectivity index (χ3n) is 16.3. The molecule has 0 radical (unpaired) electrons. The van der Waals surface area contributed by atoms with Crippen molar-refractivity contribution < 1.29 is 67.6 Å². The fourth-order valence-corrected chi connectivity index (χ4v) is 11.6. The molecule has 21 heteroatoms. The van der Waals surface area contributed by atoms with Crippen molar-refractivity contribution in [3.05, 3.63) is 47.3 Å². The number of carbonyl (C=O) groups excluding carboxylic acids is 2. The minimum absolute atomic E-state index is 0.0304. The van der Waals surface area contributed by atoms with Crippen LogP contribution in [0.1, 0.15) is 130 Å². The number of nitrogens with two attached hydrogens (primary N) is 1. The molecule has 2 aromatic rings. The smallest absolute Gasteiger partial charge is 0.311 e. The molecule has 0 spiro atoms. The molecule has 1 amide bonds. The van der Waals surface area contributed by atoms with Crippen molar-refractivity contribution in [2.45, 2.75) is 211 Å². The van der Waals surface area contributed by atoms with Crippen LogP contribution in [0, 0.1) is 17.8 Å². The van der Waals surface area contributed by atoms with Gasteiger partial charge in [-0.05, 0) is 98.9 Å². The zero-order valence-electron chi connectivity index (χ0n) is 47.1. The number of primary amides is 1. The number of cyclic esters (lactones) is 1. The largest absolute Gasteiger partial charge is 0.459 e. The Morgan fingerprint density at radius 2 is 1.68 bits per heavy atom. The maximum Gasteiger partial charge on any atom is 0.311 e. The van der Waals surface area contributed by atoms with Crippen molar-refractivity contribution in [2.24, 2.45) is 23.5 Å². The lowest BCUT2D eigenvalue weighted by Gasteiger charge is -2.48. The topological polar surface area (TPSA) is 255 Å². The maximum atomic E-state index is 14.8. The van der Waals surface area contributed by atoms with Crippen LogP contribution in [0.25, 0.3) is 0 Å². The SMILES string of the molecule is CC[C@H]1OC(=O)[C@H](C)[C@@H](O[C@H]2C[C@@](C)(OC)[C@@H](O)[C@H](C)O2)[C@H](C)[C@@H](O[C@H]2C[C@@H](N(C)CCc3cn([C@H](CF)[C@H](OC)c4ccc(CNCC(N)=O)cc4)nn3)C[C@@H](C)O2)[C@](C)(O)C[C@@H](C)CN(C)[C@H](C)[C@@H](O)[C@]1(C)O. The van der Waals surface area contributed by atoms with Gasteiger partial charge in [-0.25, -0.2) is 9.07 Å². The van der Waals surface area contributed by atoms with E-state index in [1.165, 1.54) is 25.8 Å². The summed E-state index contributed by atoms with van der Waals surface area (Å²) < 4.78 is 60.8. The molecule has 19 atom stereocenters. The summed E-state index contributed by atoms with van der Waals surface area (Å²) in [5.41, 5.74) is 3.18. The molecule has 7 N–H and O–H groups in total. The van der Waals surface area contributed by atoms with Crippen LogP contribution in [0.4, 0.5) is 4.39 Å². The lowest BCUT2D eigenvalue weighted by atomic mass is 9.77. The summed E-state index contributed by atoms with van der Waals surface area (Å²) in [7, 11) is 6.92. The van der Waals surface area contributed by atoms with Gasteiger partial charge in [-0.1, -0.05) is 50.3 Å². The van der Waals surface area contributed by atoms with Crippen LogP contribution in [0.15, 0.2) is 30.5 Å². The lowest BCUT2D eigenvalue weighted by molar-refractivity contribution is -0.308. The molecule has 0 unspecified atom stereocenters. The van der Waals surface area contributed by atoms with Gasteiger partial charge in [0.15, 0.2) is 12.6 Å². The van der Waals surface area contributed by atoms with E-state index in [2.05, 4.69) is 20.5 Å². The standard InChI is InChI=1S/C54H92FN7O13/c1-15-42-54(10,68)48(64)35(6)61(12)29-31(2)24-52(8,67)50(33(4)46(34(5)51(66)73-42)74-45-25-53(9,70-14)49(65)36(7)72-45)75-44-23-40(22-32(3)71-44)60(11)21-20-39-30-62(59-58-39)41(26-55)47(69-13)38-18-16-37(17-19-38)27-57-28-43(56)63/h16-19,30-36,40-42,44-50,57,64-65,67-68H,15,20-29H2,1-14H3,(H2,56,63)/t31-,32-,33+,34-,35-,36+,40+,41-,42-,44+,45+,46+,47-,48-,49+,50-,52-,53-,54-/m1/s1. The molecule has 3 fully saturated rings. The summed E-state index contributed by atoms with van der Waals surface area (Å²) in [6.45, 7) is 18.6. The number of methoxy groups -OCH3 is 2. The van der Waals surface area contributed by atoms with E-state index in [4.69, 9.17) is 38.9 Å². The van der Waals surface area contributed by atoms with Gasteiger partial charge in [-0.15, -0.1) is 5.10 Å². The number of hydrogen-bond donors (Lipinski definition) is 6. The maximum absolute atomic E-state index is 14.8. The van der Waals surface area contributed by atoms with Crippen molar-refractivity contribution in [3.63, 3.8) is 0 Å². The number of hydrogen-bond acceptors (Lipinski definition) is 18. The number of aliphatic hydroxyl groups is 4. The fourth-order valence-electron chi connectivity index (χ4n) is 11.6. The van der Waals surface area contributed by atoms with Crippen molar-refractivity contribution in [3.8, 4) is 0 Å². The lowest BCUT2D eigenvalue weighted by Crippen LogP contribution is -2.59. The van der Waals surface area contributed by atoms with E-state index in [-0.39, 0.29) is 43.9 Å². The number of esters is 1. The number of likely N-dealkylation sites (N-methyl/N-ethyl adjacent to an activating group) is 2. The fraction of sp³-hybridized carbons (Fsp3) is 0.815. The number of amides is 1. The average molecular weight is 1070 g/mol. The van der Waals surface area contributed by atoms with Crippen molar-refractivity contribution in [1.29, 1.82) is 0 Å². The number of benzene rings is 1. The number of alkyl halides is 1. The highest BCUT2D eigenvalue weighted by atomic mass is 19.1. The van der Waals surface area contributed by atoms with Crippen LogP contribution in [0.3, 0.4) is 0 Å². The third-order valence-corrected chi connectivity index (χ3v) is 16.3. The molecule has 0 aliphatic carbocycles. The van der Waals surface area contributed by atoms with Crippen molar-refractivity contribution in [2.75, 3.05) is 54.6 Å². The Labute approximate surface area is 444 Å². The number of aliphatic hydroxyl groups excluding tert-OH is 2. The quantitative estimate of drug-likeness (QED) is 0.110. The number of halogens is 1. The Hall–Kier alpha value is -3.29. The Morgan fingerprint density at radius 3 is 2.29 bits per heavy atom. The molecule has 3 aliphatic heterocycles. The molecule has 3 aliphatic rings. The first kappa shape index (κ1) is 62.6. The zero-order valence-corrected chi connectivity index (χ0v) is 47.1. The van der Waals surface area contributed by atoms with Gasteiger partial charge < -0.3 is 74.4 Å². The Balaban J connectivity index is 1.39. The molecule has 4 heterocycles. The van der Waals surface area contributed by atoms with Crippen LogP contribution < -0.4 is 11.1 Å². The number of aromatic nitrogens is 3. The van der Waals surface area contributed by atoms with Gasteiger partial charge in [0.05, 0.1) is 53.8 Å². The number of carbonyl (C=O) groups is 2. The predicted molar refractivity (Wildman–Crippen MR) is 278 cm³/mol. The highest BCUT2D eigenvalue weighted by Gasteiger charge is 2.52. The van der Waals surface area contributed by atoms with Crippen molar-refractivity contribution in [1.82, 2.24) is 30.1 Å². The molecule has 0 bridgehead atoms. The Bertz CT molecular complexity index is 2090. The number of nitrogens with zero attached hydrogens (tertiary/aromatic N) is 5. The molecular formula is C54H92FN7O13. The highest BCUT2D eigenvalue weighted by Crippen LogP contribution is 2.40. The van der Waals surface area contributed by atoms with Gasteiger partial charge in [0, 0.05) is 77.3 Å². The second-order valence-corrected chi connectivity index (χ2v) is 22.7. The Kier molecular flexibility index (Phi) is 22.6. The van der Waals surface area contributed by atoms with Gasteiger partial charge in [-0.2, -0.15) is 0 Å². The van der Waals surface area contributed by atoms with Crippen LogP contribution >= 0.6 is 0 Å². The van der Waals surface area contributed by atoms with Gasteiger partial charge in [0.2, 0.25) is 5.91 Å². The molecule has 75 heavy (non-hydrogen) atoms. The van der Waals surface area contributed by atoms with Gasteiger partial charge >= 0.3 is 5.97 Å². The van der Waals surface area contributed by atoms with E-state index in [1.807, 2.05) is 71.0 Å². The molecule has 1 aromatic heterocycles. The van der Waals surface area contributed by atoms with Crippen LogP contribution in [-0.4, -0.2) is 196 Å². The summed E-state index contributed by atoms with van der Waals surface area (Å²) in [6, 6.07) is 6.13. The first-order valence-electron chi connectivity index (χ1n) is 26.9. The minimum atomic E-state index is -1.83. The monoisotopic (exact) mass is 1070 g/mol. The molecule has 0 saturated carbocycles. The second-order valence-electron chi connectivity index (χ2n) is 22.7. The van der Waals surface area contributed by atoms with E-state index in [9.17, 15) is 34.4 Å². The predicted octanol–water partition coefficient (Wildman–Crippen LogP) is 3.61. The summed E-state index contributed by atoms with van der Waals surface area (Å²) in [5, 5.41) is 59.3. The number of nitrogens with one attached hydrogen (secondary N) is 1. The van der Waals surface area contributed by atoms with E-state index >= 15 is 0 Å². The molecule has 3 saturated heterocycles. The molecular weight excluding hydrogens is 974 g/mol. The summed E-state index contributed by atoms with van der Waals surface area (Å²) in [4.78, 5) is 29.8. The third kappa shape index (κ3) is 15.7. The number of rotatable bonds is 19.